The van der Waals surface area contributed by atoms with E-state index < -0.39 is 0 Å². The average Bonchev–Trinajstić information content (AvgIpc) is 2.48. The van der Waals surface area contributed by atoms with Crippen molar-refractivity contribution in [2.75, 3.05) is 5.32 Å². The van der Waals surface area contributed by atoms with E-state index in [-0.39, 0.29) is 6.17 Å². The van der Waals surface area contributed by atoms with Crippen molar-refractivity contribution in [1.29, 1.82) is 5.41 Å². The minimum Gasteiger partial charge on any atom is -0.361 e. The lowest BCUT2D eigenvalue weighted by atomic mass is 10.2. The maximum Gasteiger partial charge on any atom is 0.123 e. The molecule has 0 saturated heterocycles. The van der Waals surface area contributed by atoms with Crippen LogP contribution in [0.15, 0.2) is 11.2 Å². The summed E-state index contributed by atoms with van der Waals surface area (Å²) in [6, 6.07) is 0. The van der Waals surface area contributed by atoms with Gasteiger partial charge in [0.05, 0.1) is 17.6 Å². The standard InChI is InChI=1S/C10H17N5/c1-7(11)5-10(12-3)14-9-6-13-15(4)8(9)2/h6,10-11,14H,3,5H2,1-2,4H3. The Hall–Kier alpha value is -1.65. The third-order valence-corrected chi connectivity index (χ3v) is 2.28. The molecule has 0 fully saturated rings. The lowest BCUT2D eigenvalue weighted by Gasteiger charge is -2.14. The Morgan fingerprint density at radius 1 is 1.80 bits per heavy atom. The van der Waals surface area contributed by atoms with Gasteiger partial charge < -0.3 is 10.7 Å². The molecule has 0 aromatic carbocycles. The van der Waals surface area contributed by atoms with E-state index in [1.807, 2.05) is 14.0 Å². The van der Waals surface area contributed by atoms with Gasteiger partial charge in [0.1, 0.15) is 6.17 Å². The minimum absolute atomic E-state index is 0.148. The molecule has 0 aliphatic rings. The Morgan fingerprint density at radius 3 is 2.87 bits per heavy atom. The molecule has 5 nitrogen and oxygen atoms in total. The highest BCUT2D eigenvalue weighted by Crippen LogP contribution is 2.14. The molecular formula is C10H17N5. The van der Waals surface area contributed by atoms with Gasteiger partial charge in [0, 0.05) is 19.2 Å². The van der Waals surface area contributed by atoms with Gasteiger partial charge in [0.2, 0.25) is 0 Å². The van der Waals surface area contributed by atoms with Crippen LogP contribution in [-0.4, -0.2) is 28.4 Å². The van der Waals surface area contributed by atoms with Crippen LogP contribution in [-0.2, 0) is 7.05 Å². The fourth-order valence-corrected chi connectivity index (χ4v) is 1.27. The number of hydrogen-bond donors (Lipinski definition) is 2. The van der Waals surface area contributed by atoms with E-state index in [1.165, 1.54) is 0 Å². The number of aromatic nitrogens is 2. The average molecular weight is 207 g/mol. The van der Waals surface area contributed by atoms with Crippen molar-refractivity contribution >= 4 is 18.1 Å². The molecule has 0 amide bonds. The first-order valence-electron chi connectivity index (χ1n) is 4.79. The van der Waals surface area contributed by atoms with Crippen molar-refractivity contribution in [1.82, 2.24) is 9.78 Å². The Balaban J connectivity index is 2.70. The summed E-state index contributed by atoms with van der Waals surface area (Å²) in [6.07, 6.45) is 2.18. The number of hydrogen-bond acceptors (Lipinski definition) is 4. The van der Waals surface area contributed by atoms with Crippen molar-refractivity contribution in [2.24, 2.45) is 12.0 Å². The molecule has 1 heterocycles. The summed E-state index contributed by atoms with van der Waals surface area (Å²) in [7, 11) is 1.89. The van der Waals surface area contributed by atoms with E-state index in [0.29, 0.717) is 12.1 Å². The molecular weight excluding hydrogens is 190 g/mol. The molecule has 1 aromatic heterocycles. The van der Waals surface area contributed by atoms with Gasteiger partial charge in [-0.1, -0.05) is 0 Å². The zero-order chi connectivity index (χ0) is 11.4. The molecule has 1 atom stereocenters. The van der Waals surface area contributed by atoms with Gasteiger partial charge in [0.25, 0.3) is 0 Å². The quantitative estimate of drug-likeness (QED) is 0.720. The lowest BCUT2D eigenvalue weighted by Crippen LogP contribution is -2.19. The second-order valence-electron chi connectivity index (χ2n) is 3.59. The van der Waals surface area contributed by atoms with Crippen LogP contribution < -0.4 is 5.32 Å². The SMILES string of the molecule is C=NC(CC(C)=N)Nc1cnn(C)c1C. The molecule has 0 aliphatic carbocycles. The molecule has 0 aliphatic heterocycles. The highest BCUT2D eigenvalue weighted by Gasteiger charge is 2.10. The first kappa shape index (κ1) is 11.4. The summed E-state index contributed by atoms with van der Waals surface area (Å²) < 4.78 is 1.79. The molecule has 15 heavy (non-hydrogen) atoms. The predicted octanol–water partition coefficient (Wildman–Crippen LogP) is 1.60. The summed E-state index contributed by atoms with van der Waals surface area (Å²) in [5.74, 6) is 0. The lowest BCUT2D eigenvalue weighted by molar-refractivity contribution is 0.738. The zero-order valence-electron chi connectivity index (χ0n) is 9.41. The number of aliphatic imine (C=N–C) groups is 1. The third kappa shape index (κ3) is 2.90. The molecule has 0 radical (unpaired) electrons. The first-order chi connectivity index (χ1) is 7.04. The van der Waals surface area contributed by atoms with E-state index >= 15 is 0 Å². The maximum atomic E-state index is 7.40. The van der Waals surface area contributed by atoms with Crippen LogP contribution in [0.3, 0.4) is 0 Å². The van der Waals surface area contributed by atoms with Gasteiger partial charge in [-0.3, -0.25) is 9.67 Å². The van der Waals surface area contributed by atoms with Crippen molar-refractivity contribution in [3.63, 3.8) is 0 Å². The molecule has 5 heteroatoms. The van der Waals surface area contributed by atoms with Crippen molar-refractivity contribution < 1.29 is 0 Å². The topological polar surface area (TPSA) is 66.1 Å². The molecule has 82 valence electrons. The van der Waals surface area contributed by atoms with E-state index in [9.17, 15) is 0 Å². The summed E-state index contributed by atoms with van der Waals surface area (Å²) in [6.45, 7) is 7.25. The predicted molar refractivity (Wildman–Crippen MR) is 62.9 cm³/mol. The van der Waals surface area contributed by atoms with Crippen molar-refractivity contribution in [3.05, 3.63) is 11.9 Å². The highest BCUT2D eigenvalue weighted by molar-refractivity contribution is 5.79. The van der Waals surface area contributed by atoms with Crippen LogP contribution in [0.5, 0.6) is 0 Å². The Kier molecular flexibility index (Phi) is 3.60. The molecule has 0 saturated carbocycles. The monoisotopic (exact) mass is 207 g/mol. The van der Waals surface area contributed by atoms with Crippen LogP contribution in [0.4, 0.5) is 5.69 Å². The first-order valence-corrected chi connectivity index (χ1v) is 4.79. The molecule has 0 spiro atoms. The maximum absolute atomic E-state index is 7.40. The number of aryl methyl sites for hydroxylation is 1. The molecule has 1 unspecified atom stereocenters. The van der Waals surface area contributed by atoms with Crippen molar-refractivity contribution in [2.45, 2.75) is 26.4 Å². The van der Waals surface area contributed by atoms with Crippen LogP contribution >= 0.6 is 0 Å². The number of anilines is 1. The highest BCUT2D eigenvalue weighted by atomic mass is 15.3. The summed E-state index contributed by atoms with van der Waals surface area (Å²) >= 11 is 0. The van der Waals surface area contributed by atoms with Gasteiger partial charge in [-0.05, 0) is 20.6 Å². The van der Waals surface area contributed by atoms with Gasteiger partial charge >= 0.3 is 0 Å². The largest absolute Gasteiger partial charge is 0.361 e. The molecule has 2 N–H and O–H groups in total. The van der Waals surface area contributed by atoms with Crippen molar-refractivity contribution in [3.8, 4) is 0 Å². The molecule has 1 aromatic rings. The Labute approximate surface area is 89.7 Å². The number of nitrogens with one attached hydrogen (secondary N) is 2. The van der Waals surface area contributed by atoms with Gasteiger partial charge in [-0.15, -0.1) is 0 Å². The van der Waals surface area contributed by atoms with E-state index in [0.717, 1.165) is 11.4 Å². The number of rotatable bonds is 5. The van der Waals surface area contributed by atoms with Crippen LogP contribution in [0.1, 0.15) is 19.0 Å². The molecule has 1 rings (SSSR count). The Bertz CT molecular complexity index is 366. The van der Waals surface area contributed by atoms with Crippen LogP contribution in [0.25, 0.3) is 0 Å². The van der Waals surface area contributed by atoms with Gasteiger partial charge in [-0.2, -0.15) is 5.10 Å². The fraction of sp³-hybridized carbons (Fsp3) is 0.500. The Morgan fingerprint density at radius 2 is 2.47 bits per heavy atom. The minimum atomic E-state index is -0.148. The summed E-state index contributed by atoms with van der Waals surface area (Å²) in [5, 5.41) is 14.7. The second-order valence-corrected chi connectivity index (χ2v) is 3.59. The van der Waals surface area contributed by atoms with Crippen LogP contribution in [0.2, 0.25) is 0 Å². The zero-order valence-corrected chi connectivity index (χ0v) is 9.41. The van der Waals surface area contributed by atoms with E-state index in [2.05, 4.69) is 22.1 Å². The van der Waals surface area contributed by atoms with Crippen LogP contribution in [0, 0.1) is 12.3 Å². The normalized spacial score (nSPS) is 12.2. The summed E-state index contributed by atoms with van der Waals surface area (Å²) in [4.78, 5) is 3.93. The van der Waals surface area contributed by atoms with Gasteiger partial charge in [-0.25, -0.2) is 0 Å². The van der Waals surface area contributed by atoms with E-state index in [1.54, 1.807) is 17.8 Å². The third-order valence-electron chi connectivity index (χ3n) is 2.28. The summed E-state index contributed by atoms with van der Waals surface area (Å²) in [5.41, 5.74) is 2.57. The molecule has 0 bridgehead atoms. The number of nitrogens with zero attached hydrogens (tertiary/aromatic N) is 3. The van der Waals surface area contributed by atoms with E-state index in [4.69, 9.17) is 5.41 Å². The van der Waals surface area contributed by atoms with Gasteiger partial charge in [0.15, 0.2) is 0 Å². The smallest absolute Gasteiger partial charge is 0.123 e. The second kappa shape index (κ2) is 4.72. The fourth-order valence-electron chi connectivity index (χ4n) is 1.27.